The number of benzene rings is 2. The smallest absolute Gasteiger partial charge is 0.240 e. The maximum atomic E-state index is 13.0. The quantitative estimate of drug-likeness (QED) is 0.684. The van der Waals surface area contributed by atoms with Crippen LogP contribution in [0.5, 0.6) is 0 Å². The zero-order chi connectivity index (χ0) is 18.4. The van der Waals surface area contributed by atoms with Crippen molar-refractivity contribution in [3.8, 4) is 6.07 Å². The summed E-state index contributed by atoms with van der Waals surface area (Å²) in [4.78, 5) is 15.8. The number of amides is 1. The summed E-state index contributed by atoms with van der Waals surface area (Å²) in [5, 5.41) is 8.70. The van der Waals surface area contributed by atoms with Gasteiger partial charge in [0.2, 0.25) is 5.91 Å². The Balaban J connectivity index is 2.18. The van der Waals surface area contributed by atoms with Gasteiger partial charge in [0.1, 0.15) is 0 Å². The maximum Gasteiger partial charge on any atom is 0.240 e. The molecule has 2 aromatic rings. The second-order valence-electron chi connectivity index (χ2n) is 6.24. The van der Waals surface area contributed by atoms with E-state index < -0.39 is 0 Å². The Morgan fingerprint density at radius 3 is 2.40 bits per heavy atom. The van der Waals surface area contributed by atoms with E-state index >= 15 is 0 Å². The van der Waals surface area contributed by atoms with Crippen LogP contribution in [0.25, 0.3) is 0 Å². The third-order valence-corrected chi connectivity index (χ3v) is 5.28. The number of carbonyl (C=O) groups is 1. The Bertz CT molecular complexity index is 777. The molecule has 0 aromatic heterocycles. The highest BCUT2D eigenvalue weighted by Crippen LogP contribution is 2.28. The van der Waals surface area contributed by atoms with Crippen LogP contribution in [0.3, 0.4) is 0 Å². The van der Waals surface area contributed by atoms with Crippen LogP contribution in [-0.4, -0.2) is 17.7 Å². The van der Waals surface area contributed by atoms with E-state index in [1.165, 1.54) is 11.1 Å². The molecule has 4 heteroatoms. The van der Waals surface area contributed by atoms with Gasteiger partial charge in [-0.05, 0) is 63.1 Å². The molecule has 0 spiro atoms. The van der Waals surface area contributed by atoms with E-state index in [4.69, 9.17) is 5.26 Å². The molecule has 1 atom stereocenters. The first-order valence-corrected chi connectivity index (χ1v) is 9.29. The van der Waals surface area contributed by atoms with Gasteiger partial charge in [0.15, 0.2) is 0 Å². The molecule has 2 rings (SSSR count). The zero-order valence-electron chi connectivity index (χ0n) is 15.2. The number of thioether (sulfide) groups is 1. The number of hydrogen-bond donors (Lipinski definition) is 0. The molecule has 2 aromatic carbocycles. The third kappa shape index (κ3) is 5.11. The third-order valence-electron chi connectivity index (χ3n) is 4.20. The van der Waals surface area contributed by atoms with Gasteiger partial charge in [0.05, 0.1) is 17.7 Å². The molecule has 0 aliphatic rings. The summed E-state index contributed by atoms with van der Waals surface area (Å²) >= 11 is 1.56. The highest BCUT2D eigenvalue weighted by Gasteiger charge is 2.22. The first-order chi connectivity index (χ1) is 11.9. The average Bonchev–Trinajstić information content (AvgIpc) is 2.59. The summed E-state index contributed by atoms with van der Waals surface area (Å²) in [6.07, 6.45) is 0.320. The summed E-state index contributed by atoms with van der Waals surface area (Å²) in [7, 11) is 0. The lowest BCUT2D eigenvalue weighted by Gasteiger charge is -2.25. The fourth-order valence-electron chi connectivity index (χ4n) is 2.51. The van der Waals surface area contributed by atoms with E-state index in [0.29, 0.717) is 13.0 Å². The van der Waals surface area contributed by atoms with Crippen molar-refractivity contribution in [2.24, 2.45) is 0 Å². The fraction of sp³-hybridized carbons (Fsp3) is 0.333. The maximum absolute atomic E-state index is 13.0. The van der Waals surface area contributed by atoms with Crippen molar-refractivity contribution >= 4 is 23.4 Å². The van der Waals surface area contributed by atoms with Gasteiger partial charge in [0.25, 0.3) is 0 Å². The number of anilines is 1. The number of aryl methyl sites for hydroxylation is 3. The molecular formula is C21H24N2OS. The normalized spacial score (nSPS) is 11.6. The molecule has 3 nitrogen and oxygen atoms in total. The van der Waals surface area contributed by atoms with Gasteiger partial charge in [-0.25, -0.2) is 0 Å². The highest BCUT2D eigenvalue weighted by atomic mass is 32.2. The average molecular weight is 353 g/mol. The summed E-state index contributed by atoms with van der Waals surface area (Å²) < 4.78 is 0. The van der Waals surface area contributed by atoms with Gasteiger partial charge >= 0.3 is 0 Å². The lowest BCUT2D eigenvalue weighted by atomic mass is 10.1. The number of rotatable bonds is 6. The second-order valence-corrected chi connectivity index (χ2v) is 7.65. The van der Waals surface area contributed by atoms with Crippen molar-refractivity contribution in [3.05, 3.63) is 59.2 Å². The molecule has 1 amide bonds. The summed E-state index contributed by atoms with van der Waals surface area (Å²) in [5.74, 6) is 0.0299. The largest absolute Gasteiger partial charge is 0.310 e. The van der Waals surface area contributed by atoms with Gasteiger partial charge in [-0.3, -0.25) is 4.79 Å². The molecule has 0 saturated heterocycles. The summed E-state index contributed by atoms with van der Waals surface area (Å²) in [5.41, 5.74) is 4.47. The fourth-order valence-corrected chi connectivity index (χ4v) is 3.54. The molecule has 1 unspecified atom stereocenters. The summed E-state index contributed by atoms with van der Waals surface area (Å²) in [6, 6.07) is 16.3. The van der Waals surface area contributed by atoms with Crippen LogP contribution >= 0.6 is 11.8 Å². The van der Waals surface area contributed by atoms with Crippen LogP contribution in [0.4, 0.5) is 5.69 Å². The monoisotopic (exact) mass is 352 g/mol. The van der Waals surface area contributed by atoms with Crippen LogP contribution in [0, 0.1) is 32.1 Å². The molecule has 25 heavy (non-hydrogen) atoms. The van der Waals surface area contributed by atoms with Crippen molar-refractivity contribution in [1.29, 1.82) is 5.26 Å². The number of carbonyl (C=O) groups excluding carboxylic acids is 1. The van der Waals surface area contributed by atoms with E-state index in [-0.39, 0.29) is 11.2 Å². The van der Waals surface area contributed by atoms with E-state index in [9.17, 15) is 4.79 Å². The first kappa shape index (κ1) is 19.1. The predicted molar refractivity (Wildman–Crippen MR) is 105 cm³/mol. The Morgan fingerprint density at radius 1 is 1.12 bits per heavy atom. The van der Waals surface area contributed by atoms with E-state index in [1.807, 2.05) is 38.1 Å². The molecule has 0 aliphatic carbocycles. The minimum Gasteiger partial charge on any atom is -0.310 e. The molecule has 0 N–H and O–H groups in total. The van der Waals surface area contributed by atoms with Gasteiger partial charge in [-0.15, -0.1) is 11.8 Å². The zero-order valence-corrected chi connectivity index (χ0v) is 16.1. The number of nitriles is 1. The molecule has 0 bridgehead atoms. The second kappa shape index (κ2) is 8.73. The molecular weight excluding hydrogens is 328 g/mol. The predicted octanol–water partition coefficient (Wildman–Crippen LogP) is 5.04. The molecule has 0 saturated carbocycles. The van der Waals surface area contributed by atoms with Gasteiger partial charge in [-0.2, -0.15) is 5.26 Å². The minimum absolute atomic E-state index is 0.0299. The Kier molecular flexibility index (Phi) is 6.66. The lowest BCUT2D eigenvalue weighted by molar-refractivity contribution is -0.117. The lowest BCUT2D eigenvalue weighted by Crippen LogP contribution is -2.37. The van der Waals surface area contributed by atoms with Gasteiger partial charge in [-0.1, -0.05) is 23.8 Å². The van der Waals surface area contributed by atoms with Crippen molar-refractivity contribution in [2.45, 2.75) is 44.3 Å². The van der Waals surface area contributed by atoms with E-state index in [2.05, 4.69) is 38.1 Å². The van der Waals surface area contributed by atoms with Crippen LogP contribution in [0.2, 0.25) is 0 Å². The molecule has 0 radical (unpaired) electrons. The molecule has 0 heterocycles. The topological polar surface area (TPSA) is 44.1 Å². The van der Waals surface area contributed by atoms with Gasteiger partial charge < -0.3 is 4.90 Å². The summed E-state index contributed by atoms with van der Waals surface area (Å²) in [6.45, 7) is 8.52. The van der Waals surface area contributed by atoms with E-state index in [1.54, 1.807) is 16.7 Å². The SMILES string of the molecule is Cc1ccc(N(CCC#N)C(=O)C(C)Sc2ccc(C)c(C)c2)cc1. The van der Waals surface area contributed by atoms with Crippen LogP contribution < -0.4 is 4.90 Å². The Morgan fingerprint density at radius 2 is 1.80 bits per heavy atom. The molecule has 130 valence electrons. The van der Waals surface area contributed by atoms with Crippen molar-refractivity contribution in [3.63, 3.8) is 0 Å². The number of hydrogen-bond acceptors (Lipinski definition) is 3. The highest BCUT2D eigenvalue weighted by molar-refractivity contribution is 8.00. The van der Waals surface area contributed by atoms with Gasteiger partial charge in [0, 0.05) is 17.1 Å². The standard InChI is InChI=1S/C21H24N2OS/c1-15-6-9-19(10-7-15)23(13-5-12-22)21(24)18(4)25-20-11-8-16(2)17(3)14-20/h6-11,14,18H,5,13H2,1-4H3. The molecule has 0 aliphatic heterocycles. The first-order valence-electron chi connectivity index (χ1n) is 8.41. The van der Waals surface area contributed by atoms with E-state index in [0.717, 1.165) is 16.1 Å². The van der Waals surface area contributed by atoms with Crippen molar-refractivity contribution in [2.75, 3.05) is 11.4 Å². The molecule has 0 fully saturated rings. The number of nitrogens with zero attached hydrogens (tertiary/aromatic N) is 2. The van der Waals surface area contributed by atoms with Crippen LogP contribution in [0.1, 0.15) is 30.0 Å². The van der Waals surface area contributed by atoms with Crippen LogP contribution in [-0.2, 0) is 4.79 Å². The minimum atomic E-state index is -0.220. The Hall–Kier alpha value is -2.25. The van der Waals surface area contributed by atoms with Crippen LogP contribution in [0.15, 0.2) is 47.4 Å². The Labute approximate surface area is 154 Å². The van der Waals surface area contributed by atoms with Crippen molar-refractivity contribution < 1.29 is 4.79 Å². The van der Waals surface area contributed by atoms with Crippen molar-refractivity contribution in [1.82, 2.24) is 0 Å².